The molecule has 1 heterocycles. The number of rotatable bonds is 4. The Hall–Kier alpha value is -2.08. The first-order valence-electron chi connectivity index (χ1n) is 7.38. The van der Waals surface area contributed by atoms with Gasteiger partial charge < -0.3 is 5.32 Å². The number of pyridine rings is 1. The number of hydrogen-bond donors (Lipinski definition) is 1. The van der Waals surface area contributed by atoms with Gasteiger partial charge in [-0.05, 0) is 37.1 Å². The van der Waals surface area contributed by atoms with Crippen LogP contribution in [-0.4, -0.2) is 17.4 Å². The number of hydrogen-bond acceptors (Lipinski definition) is 2. The molecule has 1 N–H and O–H groups in total. The lowest BCUT2D eigenvalue weighted by Gasteiger charge is -2.17. The van der Waals surface area contributed by atoms with E-state index >= 15 is 0 Å². The van der Waals surface area contributed by atoms with Crippen LogP contribution in [0.1, 0.15) is 34.5 Å². The van der Waals surface area contributed by atoms with Crippen molar-refractivity contribution < 1.29 is 18.0 Å². The third kappa shape index (κ3) is 3.38. The van der Waals surface area contributed by atoms with E-state index in [-0.39, 0.29) is 17.5 Å². The van der Waals surface area contributed by atoms with Crippen LogP contribution in [0, 0.1) is 0 Å². The summed E-state index contributed by atoms with van der Waals surface area (Å²) in [6.07, 6.45) is -1.40. The fourth-order valence-electron chi connectivity index (χ4n) is 2.64. The molecule has 24 heavy (non-hydrogen) atoms. The highest BCUT2D eigenvalue weighted by Crippen LogP contribution is 2.47. The quantitative estimate of drug-likeness (QED) is 0.893. The molecule has 7 heteroatoms. The van der Waals surface area contributed by atoms with Gasteiger partial charge in [-0.25, -0.2) is 0 Å². The van der Waals surface area contributed by atoms with Gasteiger partial charge in [-0.1, -0.05) is 23.7 Å². The van der Waals surface area contributed by atoms with Crippen molar-refractivity contribution >= 4 is 17.5 Å². The number of carbonyl (C=O) groups is 1. The molecule has 1 amide bonds. The molecule has 0 bridgehead atoms. The lowest BCUT2D eigenvalue weighted by atomic mass is 10.0. The van der Waals surface area contributed by atoms with Crippen molar-refractivity contribution in [3.8, 4) is 0 Å². The summed E-state index contributed by atoms with van der Waals surface area (Å²) in [7, 11) is 0. The van der Waals surface area contributed by atoms with Gasteiger partial charge >= 0.3 is 6.18 Å². The first-order valence-corrected chi connectivity index (χ1v) is 7.76. The predicted molar refractivity (Wildman–Crippen MR) is 83.9 cm³/mol. The lowest BCUT2D eigenvalue weighted by molar-refractivity contribution is -0.137. The molecule has 1 aliphatic carbocycles. The average Bonchev–Trinajstić information content (AvgIpc) is 3.33. The topological polar surface area (TPSA) is 42.0 Å². The fraction of sp³-hybridized carbons (Fsp3) is 0.294. The van der Waals surface area contributed by atoms with Gasteiger partial charge in [-0.2, -0.15) is 13.2 Å². The number of amides is 1. The van der Waals surface area contributed by atoms with E-state index in [0.717, 1.165) is 24.6 Å². The van der Waals surface area contributed by atoms with Crippen LogP contribution >= 0.6 is 11.6 Å². The average molecular weight is 355 g/mol. The summed E-state index contributed by atoms with van der Waals surface area (Å²) in [4.78, 5) is 16.5. The Labute approximate surface area is 141 Å². The molecule has 3 rings (SSSR count). The van der Waals surface area contributed by atoms with Gasteiger partial charge in [-0.3, -0.25) is 9.78 Å². The summed E-state index contributed by atoms with van der Waals surface area (Å²) < 4.78 is 39.0. The van der Waals surface area contributed by atoms with E-state index < -0.39 is 17.6 Å². The third-order valence-corrected chi connectivity index (χ3v) is 4.41. The summed E-state index contributed by atoms with van der Waals surface area (Å²) in [5.74, 6) is -0.733. The van der Waals surface area contributed by atoms with E-state index in [1.165, 1.54) is 24.4 Å². The Morgan fingerprint density at radius 2 is 1.92 bits per heavy atom. The Morgan fingerprint density at radius 1 is 1.21 bits per heavy atom. The summed E-state index contributed by atoms with van der Waals surface area (Å²) in [6, 6.07) is 8.26. The van der Waals surface area contributed by atoms with Crippen molar-refractivity contribution in [3.63, 3.8) is 0 Å². The molecule has 2 aromatic rings. The highest BCUT2D eigenvalue weighted by atomic mass is 35.5. The van der Waals surface area contributed by atoms with E-state index in [9.17, 15) is 18.0 Å². The minimum absolute atomic E-state index is 0.243. The maximum Gasteiger partial charge on any atom is 0.417 e. The van der Waals surface area contributed by atoms with Gasteiger partial charge in [0.25, 0.3) is 5.91 Å². The first-order chi connectivity index (χ1) is 11.3. The van der Waals surface area contributed by atoms with Gasteiger partial charge in [0.15, 0.2) is 0 Å². The molecule has 0 radical (unpaired) electrons. The van der Waals surface area contributed by atoms with Crippen molar-refractivity contribution in [1.82, 2.24) is 10.3 Å². The third-order valence-electron chi connectivity index (χ3n) is 4.19. The summed E-state index contributed by atoms with van der Waals surface area (Å²) in [5, 5.41) is 3.13. The summed E-state index contributed by atoms with van der Waals surface area (Å²) >= 11 is 5.81. The molecule has 0 aliphatic heterocycles. The van der Waals surface area contributed by atoms with Crippen molar-refractivity contribution in [2.24, 2.45) is 0 Å². The van der Waals surface area contributed by atoms with Crippen LogP contribution < -0.4 is 5.32 Å². The second-order valence-corrected chi connectivity index (χ2v) is 6.30. The number of alkyl halides is 3. The van der Waals surface area contributed by atoms with Gasteiger partial charge in [0.2, 0.25) is 0 Å². The number of benzene rings is 1. The second-order valence-electron chi connectivity index (χ2n) is 5.87. The molecule has 1 saturated carbocycles. The molecule has 1 aromatic carbocycles. The fourth-order valence-corrected chi connectivity index (χ4v) is 2.75. The van der Waals surface area contributed by atoms with Crippen LogP contribution in [0.4, 0.5) is 13.2 Å². The van der Waals surface area contributed by atoms with E-state index in [1.54, 1.807) is 12.1 Å². The highest BCUT2D eigenvalue weighted by Gasteiger charge is 2.46. The van der Waals surface area contributed by atoms with Crippen molar-refractivity contribution in [3.05, 3.63) is 64.4 Å². The van der Waals surface area contributed by atoms with Crippen LogP contribution in [0.15, 0.2) is 42.6 Å². The monoisotopic (exact) mass is 354 g/mol. The maximum atomic E-state index is 13.0. The van der Waals surface area contributed by atoms with Gasteiger partial charge in [0, 0.05) is 23.9 Å². The Balaban J connectivity index is 1.74. The Morgan fingerprint density at radius 3 is 2.50 bits per heavy atom. The zero-order valence-corrected chi connectivity index (χ0v) is 13.3. The zero-order chi connectivity index (χ0) is 17.4. The van der Waals surface area contributed by atoms with Crippen LogP contribution in [0.5, 0.6) is 0 Å². The molecule has 1 aromatic heterocycles. The molecule has 0 spiro atoms. The first kappa shape index (κ1) is 16.8. The highest BCUT2D eigenvalue weighted by molar-refractivity contribution is 6.30. The Bertz CT molecular complexity index is 755. The lowest BCUT2D eigenvalue weighted by Crippen LogP contribution is -2.33. The standard InChI is InChI=1S/C17H14ClF3N2O/c18-11-5-6-14(22-9-11)16(7-8-16)10-23-15(24)12-3-1-2-4-13(12)17(19,20)21/h1-6,9H,7-8,10H2,(H,23,24). The van der Waals surface area contributed by atoms with Crippen molar-refractivity contribution in [2.45, 2.75) is 24.4 Å². The number of halogens is 4. The minimum atomic E-state index is -4.57. The second kappa shape index (κ2) is 6.09. The summed E-state index contributed by atoms with van der Waals surface area (Å²) in [5.41, 5.74) is -0.828. The molecule has 0 unspecified atom stereocenters. The number of carbonyl (C=O) groups excluding carboxylic acids is 1. The molecule has 1 aliphatic rings. The van der Waals surface area contributed by atoms with E-state index in [1.807, 2.05) is 0 Å². The molecule has 3 nitrogen and oxygen atoms in total. The number of nitrogens with one attached hydrogen (secondary N) is 1. The van der Waals surface area contributed by atoms with Crippen molar-refractivity contribution in [1.29, 1.82) is 0 Å². The largest absolute Gasteiger partial charge is 0.417 e. The van der Waals surface area contributed by atoms with Crippen LogP contribution in [-0.2, 0) is 11.6 Å². The van der Waals surface area contributed by atoms with E-state index in [2.05, 4.69) is 10.3 Å². The molecular formula is C17H14ClF3N2O. The van der Waals surface area contributed by atoms with E-state index in [0.29, 0.717) is 5.02 Å². The van der Waals surface area contributed by atoms with Crippen LogP contribution in [0.3, 0.4) is 0 Å². The molecule has 0 atom stereocenters. The van der Waals surface area contributed by atoms with Crippen LogP contribution in [0.2, 0.25) is 5.02 Å². The number of aromatic nitrogens is 1. The van der Waals surface area contributed by atoms with Crippen LogP contribution in [0.25, 0.3) is 0 Å². The Kier molecular flexibility index (Phi) is 4.25. The van der Waals surface area contributed by atoms with E-state index in [4.69, 9.17) is 11.6 Å². The molecule has 0 saturated heterocycles. The van der Waals surface area contributed by atoms with Gasteiger partial charge in [0.05, 0.1) is 16.1 Å². The molecular weight excluding hydrogens is 341 g/mol. The number of nitrogens with zero attached hydrogens (tertiary/aromatic N) is 1. The predicted octanol–water partition coefficient (Wildman–Crippen LogP) is 4.22. The molecule has 126 valence electrons. The minimum Gasteiger partial charge on any atom is -0.351 e. The normalized spacial score (nSPS) is 15.8. The molecule has 1 fully saturated rings. The SMILES string of the molecule is O=C(NCC1(c2ccc(Cl)cn2)CC1)c1ccccc1C(F)(F)F. The van der Waals surface area contributed by atoms with Gasteiger partial charge in [-0.15, -0.1) is 0 Å². The smallest absolute Gasteiger partial charge is 0.351 e. The summed E-state index contributed by atoms with van der Waals surface area (Å²) in [6.45, 7) is 0.243. The van der Waals surface area contributed by atoms with Crippen molar-refractivity contribution in [2.75, 3.05) is 6.54 Å². The zero-order valence-electron chi connectivity index (χ0n) is 12.5. The maximum absolute atomic E-state index is 13.0. The van der Waals surface area contributed by atoms with Gasteiger partial charge in [0.1, 0.15) is 0 Å².